The zero-order valence-electron chi connectivity index (χ0n) is 14.2. The molecule has 1 heterocycles. The van der Waals surface area contributed by atoms with Gasteiger partial charge in [0.2, 0.25) is 0 Å². The Labute approximate surface area is 134 Å². The number of rotatable bonds is 9. The van der Waals surface area contributed by atoms with E-state index in [4.69, 9.17) is 4.74 Å². The molecule has 1 saturated heterocycles. The first kappa shape index (κ1) is 18.7. The van der Waals surface area contributed by atoms with Crippen LogP contribution in [0.3, 0.4) is 0 Å². The molecule has 0 aliphatic carbocycles. The van der Waals surface area contributed by atoms with Crippen LogP contribution in [0.4, 0.5) is 0 Å². The largest absolute Gasteiger partial charge is 0.466 e. The number of esters is 1. The van der Waals surface area contributed by atoms with Gasteiger partial charge >= 0.3 is 5.97 Å². The maximum atomic E-state index is 11.3. The fourth-order valence-electron chi connectivity index (χ4n) is 2.50. The molecule has 0 aromatic heterocycles. The van der Waals surface area contributed by atoms with E-state index in [1.165, 1.54) is 32.4 Å². The van der Waals surface area contributed by atoms with Crippen molar-refractivity contribution in [2.24, 2.45) is 4.99 Å². The molecule has 0 amide bonds. The summed E-state index contributed by atoms with van der Waals surface area (Å²) in [5.74, 6) is 0.698. The number of hydrogen-bond donors (Lipinski definition) is 2. The smallest absolute Gasteiger partial charge is 0.305 e. The number of hydrogen-bond acceptors (Lipinski definition) is 4. The van der Waals surface area contributed by atoms with Crippen molar-refractivity contribution in [3.63, 3.8) is 0 Å². The molecule has 0 saturated carbocycles. The molecule has 22 heavy (non-hydrogen) atoms. The number of aliphatic imine (C=N–C) groups is 1. The Morgan fingerprint density at radius 1 is 1.18 bits per heavy atom. The van der Waals surface area contributed by atoms with E-state index in [9.17, 15) is 4.79 Å². The number of piperidine rings is 1. The fraction of sp³-hybridized carbons (Fsp3) is 0.875. The Kier molecular flexibility index (Phi) is 10.5. The van der Waals surface area contributed by atoms with Crippen LogP contribution in [-0.4, -0.2) is 62.7 Å². The van der Waals surface area contributed by atoms with Gasteiger partial charge in [-0.3, -0.25) is 9.79 Å². The van der Waals surface area contributed by atoms with Gasteiger partial charge in [-0.05, 0) is 46.2 Å². The third-order valence-corrected chi connectivity index (χ3v) is 3.63. The van der Waals surface area contributed by atoms with Crippen molar-refractivity contribution < 1.29 is 9.53 Å². The fourth-order valence-corrected chi connectivity index (χ4v) is 2.50. The van der Waals surface area contributed by atoms with E-state index in [1.807, 2.05) is 6.92 Å². The highest BCUT2D eigenvalue weighted by atomic mass is 16.5. The van der Waals surface area contributed by atoms with Crippen LogP contribution in [0.2, 0.25) is 0 Å². The summed E-state index contributed by atoms with van der Waals surface area (Å²) in [4.78, 5) is 18.3. The summed E-state index contributed by atoms with van der Waals surface area (Å²) < 4.78 is 4.90. The third-order valence-electron chi connectivity index (χ3n) is 3.63. The first-order chi connectivity index (χ1) is 10.8. The van der Waals surface area contributed by atoms with Crippen LogP contribution in [0.25, 0.3) is 0 Å². The number of likely N-dealkylation sites (tertiary alicyclic amines) is 1. The number of guanidine groups is 1. The van der Waals surface area contributed by atoms with E-state index in [0.717, 1.165) is 32.0 Å². The van der Waals surface area contributed by atoms with Gasteiger partial charge in [0, 0.05) is 32.6 Å². The van der Waals surface area contributed by atoms with Crippen LogP contribution in [0.1, 0.15) is 46.0 Å². The number of ether oxygens (including phenoxy) is 1. The van der Waals surface area contributed by atoms with E-state index in [-0.39, 0.29) is 5.97 Å². The molecule has 2 N–H and O–H groups in total. The predicted octanol–water partition coefficient (Wildman–Crippen LogP) is 1.37. The van der Waals surface area contributed by atoms with Crippen molar-refractivity contribution in [2.45, 2.75) is 46.0 Å². The summed E-state index contributed by atoms with van der Waals surface area (Å²) in [5.41, 5.74) is 0. The summed E-state index contributed by atoms with van der Waals surface area (Å²) in [7, 11) is 0. The van der Waals surface area contributed by atoms with Crippen LogP contribution < -0.4 is 10.6 Å². The maximum Gasteiger partial charge on any atom is 0.305 e. The summed E-state index contributed by atoms with van der Waals surface area (Å²) in [6.45, 7) is 10.2. The summed E-state index contributed by atoms with van der Waals surface area (Å²) in [6, 6.07) is 0. The molecule has 0 spiro atoms. The van der Waals surface area contributed by atoms with Crippen LogP contribution in [0.15, 0.2) is 4.99 Å². The van der Waals surface area contributed by atoms with Gasteiger partial charge in [0.15, 0.2) is 5.96 Å². The molecule has 1 fully saturated rings. The molecular weight excluding hydrogens is 280 g/mol. The van der Waals surface area contributed by atoms with Gasteiger partial charge in [-0.1, -0.05) is 6.42 Å². The van der Waals surface area contributed by atoms with Crippen LogP contribution in [0, 0.1) is 0 Å². The second-order valence-corrected chi connectivity index (χ2v) is 5.50. The number of carbonyl (C=O) groups is 1. The first-order valence-electron chi connectivity index (χ1n) is 8.66. The van der Waals surface area contributed by atoms with Crippen molar-refractivity contribution in [2.75, 3.05) is 45.9 Å². The summed E-state index contributed by atoms with van der Waals surface area (Å²) in [6.07, 6.45) is 5.17. The molecule has 0 radical (unpaired) electrons. The minimum atomic E-state index is -0.138. The zero-order chi connectivity index (χ0) is 16.0. The lowest BCUT2D eigenvalue weighted by Gasteiger charge is -2.26. The molecule has 128 valence electrons. The Morgan fingerprint density at radius 2 is 1.95 bits per heavy atom. The number of carbonyl (C=O) groups excluding carboxylic acids is 1. The van der Waals surface area contributed by atoms with Gasteiger partial charge in [0.05, 0.1) is 6.61 Å². The highest BCUT2D eigenvalue weighted by Gasteiger charge is 2.09. The topological polar surface area (TPSA) is 66.0 Å². The van der Waals surface area contributed by atoms with E-state index >= 15 is 0 Å². The maximum absolute atomic E-state index is 11.3. The van der Waals surface area contributed by atoms with Gasteiger partial charge in [-0.2, -0.15) is 0 Å². The van der Waals surface area contributed by atoms with Gasteiger partial charge < -0.3 is 20.3 Å². The zero-order valence-corrected chi connectivity index (χ0v) is 14.2. The normalized spacial score (nSPS) is 16.4. The van der Waals surface area contributed by atoms with E-state index in [0.29, 0.717) is 19.6 Å². The van der Waals surface area contributed by atoms with Crippen molar-refractivity contribution in [1.82, 2.24) is 15.5 Å². The summed E-state index contributed by atoms with van der Waals surface area (Å²) in [5, 5.41) is 6.60. The number of nitrogens with zero attached hydrogens (tertiary/aromatic N) is 2. The second-order valence-electron chi connectivity index (χ2n) is 5.50. The van der Waals surface area contributed by atoms with Crippen molar-refractivity contribution in [3.05, 3.63) is 0 Å². The van der Waals surface area contributed by atoms with Gasteiger partial charge in [0.1, 0.15) is 0 Å². The molecule has 0 aromatic carbocycles. The molecule has 0 unspecified atom stereocenters. The molecule has 6 heteroatoms. The molecule has 1 aliphatic heterocycles. The highest BCUT2D eigenvalue weighted by Crippen LogP contribution is 2.07. The lowest BCUT2D eigenvalue weighted by atomic mass is 10.1. The minimum absolute atomic E-state index is 0.138. The van der Waals surface area contributed by atoms with Crippen LogP contribution in [0.5, 0.6) is 0 Å². The molecule has 1 rings (SSSR count). The predicted molar refractivity (Wildman–Crippen MR) is 90.1 cm³/mol. The Morgan fingerprint density at radius 3 is 2.64 bits per heavy atom. The van der Waals surface area contributed by atoms with E-state index < -0.39 is 0 Å². The number of nitrogens with one attached hydrogen (secondary N) is 2. The second kappa shape index (κ2) is 12.3. The SMILES string of the molecule is CCNC(=NCCCC(=O)OCC)NCCN1CCCCC1. The third kappa shape index (κ3) is 8.87. The van der Waals surface area contributed by atoms with Gasteiger partial charge in [-0.25, -0.2) is 0 Å². The van der Waals surface area contributed by atoms with E-state index in [2.05, 4.69) is 27.4 Å². The molecule has 1 aliphatic rings. The van der Waals surface area contributed by atoms with Crippen molar-refractivity contribution in [3.8, 4) is 0 Å². The average Bonchev–Trinajstić information content (AvgIpc) is 2.53. The van der Waals surface area contributed by atoms with E-state index in [1.54, 1.807) is 0 Å². The van der Waals surface area contributed by atoms with Gasteiger partial charge in [0.25, 0.3) is 0 Å². The van der Waals surface area contributed by atoms with Gasteiger partial charge in [-0.15, -0.1) is 0 Å². The van der Waals surface area contributed by atoms with Crippen molar-refractivity contribution in [1.29, 1.82) is 0 Å². The summed E-state index contributed by atoms with van der Waals surface area (Å²) >= 11 is 0. The lowest BCUT2D eigenvalue weighted by molar-refractivity contribution is -0.143. The Bertz CT molecular complexity index is 328. The standard InChI is InChI=1S/C16H32N4O2/c1-3-17-16(18-10-8-9-15(21)22-4-2)19-11-14-20-12-6-5-7-13-20/h3-14H2,1-2H3,(H2,17,18,19). The highest BCUT2D eigenvalue weighted by molar-refractivity contribution is 5.79. The minimum Gasteiger partial charge on any atom is -0.466 e. The molecule has 0 bridgehead atoms. The molecule has 0 atom stereocenters. The average molecular weight is 312 g/mol. The Hall–Kier alpha value is -1.30. The van der Waals surface area contributed by atoms with Crippen LogP contribution in [-0.2, 0) is 9.53 Å². The molecular formula is C16H32N4O2. The molecule has 6 nitrogen and oxygen atoms in total. The first-order valence-corrected chi connectivity index (χ1v) is 8.66. The Balaban J connectivity index is 2.18. The van der Waals surface area contributed by atoms with Crippen molar-refractivity contribution >= 4 is 11.9 Å². The van der Waals surface area contributed by atoms with Crippen LogP contribution >= 0.6 is 0 Å². The quantitative estimate of drug-likeness (QED) is 0.291. The lowest BCUT2D eigenvalue weighted by Crippen LogP contribution is -2.42. The molecule has 0 aromatic rings. The monoisotopic (exact) mass is 312 g/mol.